The zero-order chi connectivity index (χ0) is 20.3. The first-order valence-electron chi connectivity index (χ1n) is 6.94. The van der Waals surface area contributed by atoms with E-state index in [0.29, 0.717) is 0 Å². The third-order valence-electron chi connectivity index (χ3n) is 1.79. The van der Waals surface area contributed by atoms with Gasteiger partial charge >= 0.3 is 20.4 Å². The molecule has 0 saturated heterocycles. The molecule has 0 aromatic heterocycles. The van der Waals surface area contributed by atoms with E-state index in [1.807, 2.05) is 44.6 Å². The number of carbonyl (C=O) groups is 2. The van der Waals surface area contributed by atoms with Gasteiger partial charge in [0.2, 0.25) is 0 Å². The second-order valence-corrected chi connectivity index (χ2v) is 5.72. The second kappa shape index (κ2) is 24.3. The maximum Gasteiger partial charge on any atom is 2.00 e. The molecule has 0 saturated carbocycles. The summed E-state index contributed by atoms with van der Waals surface area (Å²) in [6, 6.07) is 7.66. The van der Waals surface area contributed by atoms with Crippen LogP contribution in [0.2, 0.25) is 5.02 Å². The third kappa shape index (κ3) is 43.6. The molecule has 152 valence electrons. The number of carboxylic acids is 2. The van der Waals surface area contributed by atoms with Crippen LogP contribution in [0.5, 0.6) is 0 Å². The van der Waals surface area contributed by atoms with E-state index in [-0.39, 0.29) is 25.8 Å². The summed E-state index contributed by atoms with van der Waals surface area (Å²) in [4.78, 5) is 24.2. The standard InChI is InChI=1S/C11H15ClN2.2C2H4O2.CH2Cl2.Pd/c1-14(2)8-7-13-9-10-3-5-11(12)6-4-10;2*1-2(3)4;2-1-3;/h3-6,9H,7-8H2,1-2H3;2*1H3,(H,3,4);1H2;/q;;;;+2/p-2. The molecule has 0 radical (unpaired) electrons. The first kappa shape index (κ1) is 32.9. The fourth-order valence-corrected chi connectivity index (χ4v) is 1.10. The van der Waals surface area contributed by atoms with Crippen LogP contribution in [0, 0.1) is 0 Å². The first-order chi connectivity index (χ1) is 11.6. The molecule has 0 N–H and O–H groups in total. The number of benzene rings is 1. The normalized spacial score (nSPS) is 8.77. The number of aliphatic carboxylic acids is 2. The SMILES string of the molecule is CC(=O)[O-].CC(=O)[O-].CN(C)CCN=Cc1ccc(Cl)cc1.ClCCl.[Pd+2]. The summed E-state index contributed by atoms with van der Waals surface area (Å²) in [5.41, 5.74) is 1.09. The molecule has 0 aliphatic carbocycles. The molecule has 0 aliphatic heterocycles. The van der Waals surface area contributed by atoms with Gasteiger partial charge in [-0.25, -0.2) is 0 Å². The number of rotatable bonds is 4. The Balaban J connectivity index is -0.000000168. The number of hydrogen-bond acceptors (Lipinski definition) is 6. The van der Waals surface area contributed by atoms with Crippen molar-refractivity contribution in [3.8, 4) is 0 Å². The molecule has 26 heavy (non-hydrogen) atoms. The summed E-state index contributed by atoms with van der Waals surface area (Å²) < 4.78 is 0. The summed E-state index contributed by atoms with van der Waals surface area (Å²) in [7, 11) is 4.08. The van der Waals surface area contributed by atoms with E-state index in [9.17, 15) is 0 Å². The zero-order valence-electron chi connectivity index (χ0n) is 15.0. The molecule has 0 amide bonds. The Morgan fingerprint density at radius 2 is 1.42 bits per heavy atom. The van der Waals surface area contributed by atoms with Gasteiger partial charge in [-0.1, -0.05) is 23.7 Å². The number of nitrogens with zero attached hydrogens (tertiary/aromatic N) is 2. The van der Waals surface area contributed by atoms with E-state index >= 15 is 0 Å². The molecule has 0 bridgehead atoms. The van der Waals surface area contributed by atoms with E-state index in [1.54, 1.807) is 0 Å². The number of carboxylic acid groups (broad SMARTS) is 2. The van der Waals surface area contributed by atoms with Crippen molar-refractivity contribution in [1.29, 1.82) is 0 Å². The van der Waals surface area contributed by atoms with E-state index in [1.165, 1.54) is 0 Å². The number of alkyl halides is 2. The maximum absolute atomic E-state index is 8.89. The summed E-state index contributed by atoms with van der Waals surface area (Å²) in [6.07, 6.45) is 1.87. The molecule has 1 rings (SSSR count). The van der Waals surface area contributed by atoms with Crippen LogP contribution in [0.25, 0.3) is 0 Å². The molecule has 0 spiro atoms. The van der Waals surface area contributed by atoms with Gasteiger partial charge in [-0.2, -0.15) is 0 Å². The fraction of sp³-hybridized carbons (Fsp3) is 0.438. The van der Waals surface area contributed by atoms with E-state index in [4.69, 9.17) is 54.6 Å². The van der Waals surface area contributed by atoms with Crippen LogP contribution in [0.1, 0.15) is 19.4 Å². The average molecular weight is 520 g/mol. The summed E-state index contributed by atoms with van der Waals surface area (Å²) in [6.45, 7) is 3.75. The van der Waals surface area contributed by atoms with Crippen LogP contribution in [-0.2, 0) is 30.0 Å². The monoisotopic (exact) mass is 518 g/mol. The average Bonchev–Trinajstić information content (AvgIpc) is 2.45. The molecule has 1 aromatic rings. The Morgan fingerprint density at radius 3 is 1.73 bits per heavy atom. The van der Waals surface area contributed by atoms with Crippen molar-refractivity contribution >= 4 is 53.0 Å². The number of halogens is 3. The van der Waals surface area contributed by atoms with Crippen LogP contribution >= 0.6 is 34.8 Å². The van der Waals surface area contributed by atoms with Gasteiger partial charge in [0.05, 0.1) is 11.9 Å². The maximum atomic E-state index is 8.89. The van der Waals surface area contributed by atoms with Gasteiger partial charge in [0.25, 0.3) is 0 Å². The predicted octanol–water partition coefficient (Wildman–Crippen LogP) is 1.25. The van der Waals surface area contributed by atoms with Gasteiger partial charge in [0.15, 0.2) is 0 Å². The molecule has 0 atom stereocenters. The van der Waals surface area contributed by atoms with Crippen LogP contribution in [0.15, 0.2) is 29.3 Å². The van der Waals surface area contributed by atoms with Crippen molar-refractivity contribution in [3.05, 3.63) is 34.9 Å². The van der Waals surface area contributed by atoms with Crippen LogP contribution in [-0.4, -0.2) is 55.6 Å². The minimum atomic E-state index is -1.08. The van der Waals surface area contributed by atoms with Crippen molar-refractivity contribution in [2.24, 2.45) is 4.99 Å². The Bertz CT molecular complexity index is 467. The van der Waals surface area contributed by atoms with Gasteiger partial charge in [-0.15, -0.1) is 23.2 Å². The molecule has 6 nitrogen and oxygen atoms in total. The summed E-state index contributed by atoms with van der Waals surface area (Å²) in [5.74, 6) is -2.17. The number of likely N-dealkylation sites (N-methyl/N-ethyl adjacent to an activating group) is 1. The number of carbonyl (C=O) groups excluding carboxylic acids is 2. The Hall–Kier alpha value is -0.678. The topological polar surface area (TPSA) is 95.9 Å². The van der Waals surface area contributed by atoms with E-state index < -0.39 is 11.9 Å². The molecular weight excluding hydrogens is 497 g/mol. The van der Waals surface area contributed by atoms with Gasteiger partial charge in [0.1, 0.15) is 0 Å². The van der Waals surface area contributed by atoms with Gasteiger partial charge in [-0.3, -0.25) is 4.99 Å². The van der Waals surface area contributed by atoms with E-state index in [0.717, 1.165) is 37.5 Å². The Labute approximate surface area is 183 Å². The summed E-state index contributed by atoms with van der Waals surface area (Å²) >= 11 is 15.3. The molecule has 0 aliphatic rings. The van der Waals surface area contributed by atoms with Gasteiger partial charge in [-0.05, 0) is 45.6 Å². The predicted molar refractivity (Wildman–Crippen MR) is 100 cm³/mol. The molecular formula is C16H23Cl3N2O4Pd. The van der Waals surface area contributed by atoms with Crippen molar-refractivity contribution in [3.63, 3.8) is 0 Å². The van der Waals surface area contributed by atoms with Crippen molar-refractivity contribution < 1.29 is 40.2 Å². The Morgan fingerprint density at radius 1 is 1.08 bits per heavy atom. The molecule has 0 fully saturated rings. The third-order valence-corrected chi connectivity index (χ3v) is 2.04. The van der Waals surface area contributed by atoms with Gasteiger partial charge < -0.3 is 24.7 Å². The second-order valence-electron chi connectivity index (χ2n) is 4.47. The van der Waals surface area contributed by atoms with Crippen molar-refractivity contribution in [2.45, 2.75) is 13.8 Å². The van der Waals surface area contributed by atoms with Crippen LogP contribution in [0.3, 0.4) is 0 Å². The van der Waals surface area contributed by atoms with Gasteiger partial charge in [0, 0.05) is 29.7 Å². The van der Waals surface area contributed by atoms with Crippen molar-refractivity contribution in [1.82, 2.24) is 4.90 Å². The molecule has 10 heteroatoms. The largest absolute Gasteiger partial charge is 2.00 e. The first-order valence-corrected chi connectivity index (χ1v) is 8.38. The van der Waals surface area contributed by atoms with E-state index in [2.05, 4.69) is 9.89 Å². The smallest absolute Gasteiger partial charge is 0.550 e. The van der Waals surface area contributed by atoms with Crippen LogP contribution in [0.4, 0.5) is 0 Å². The zero-order valence-corrected chi connectivity index (χ0v) is 18.8. The Kier molecular flexibility index (Phi) is 30.8. The molecule has 0 unspecified atom stereocenters. The quantitative estimate of drug-likeness (QED) is 0.339. The number of aliphatic imine (C=N–C) groups is 1. The van der Waals surface area contributed by atoms with Crippen LogP contribution < -0.4 is 10.2 Å². The molecule has 0 heterocycles. The fourth-order valence-electron chi connectivity index (χ4n) is 0.977. The summed E-state index contributed by atoms with van der Waals surface area (Å²) in [5, 5.41) is 18.7. The minimum absolute atomic E-state index is 0. The minimum Gasteiger partial charge on any atom is -0.550 e. The number of hydrogen-bond donors (Lipinski definition) is 0. The van der Waals surface area contributed by atoms with Crippen molar-refractivity contribution in [2.75, 3.05) is 32.5 Å². The molecule has 1 aromatic carbocycles.